The molecule has 0 aliphatic rings. The molecule has 4 aromatic rings. The molecule has 0 saturated carbocycles. The molecule has 1 unspecified atom stereocenters. The first-order chi connectivity index (χ1) is 15.1. The quantitative estimate of drug-likeness (QED) is 0.432. The second kappa shape index (κ2) is 9.22. The molecule has 6 nitrogen and oxygen atoms in total. The molecule has 0 saturated heterocycles. The van der Waals surface area contributed by atoms with Crippen LogP contribution in [0.1, 0.15) is 18.5 Å². The van der Waals surface area contributed by atoms with Gasteiger partial charge in [0.15, 0.2) is 11.0 Å². The average molecular weight is 433 g/mol. The van der Waals surface area contributed by atoms with E-state index >= 15 is 0 Å². The van der Waals surface area contributed by atoms with Crippen LogP contribution in [0.15, 0.2) is 71.9 Å². The summed E-state index contributed by atoms with van der Waals surface area (Å²) in [5.74, 6) is 1.64. The summed E-state index contributed by atoms with van der Waals surface area (Å²) in [6, 6.07) is 22.1. The first kappa shape index (κ1) is 20.9. The van der Waals surface area contributed by atoms with E-state index in [4.69, 9.17) is 4.74 Å². The van der Waals surface area contributed by atoms with Crippen molar-refractivity contribution in [3.05, 3.63) is 72.3 Å². The van der Waals surface area contributed by atoms with Crippen molar-refractivity contribution in [1.82, 2.24) is 20.1 Å². The van der Waals surface area contributed by atoms with Crippen LogP contribution in [-0.4, -0.2) is 33.5 Å². The molecule has 1 heterocycles. The van der Waals surface area contributed by atoms with Crippen LogP contribution in [0.4, 0.5) is 0 Å². The number of nitrogens with zero attached hydrogens (tertiary/aromatic N) is 3. The molecule has 0 bridgehead atoms. The van der Waals surface area contributed by atoms with Gasteiger partial charge < -0.3 is 14.6 Å². The molecule has 31 heavy (non-hydrogen) atoms. The van der Waals surface area contributed by atoms with Gasteiger partial charge in [-0.05, 0) is 41.5 Å². The second-order valence-electron chi connectivity index (χ2n) is 7.25. The molecule has 4 rings (SSSR count). The van der Waals surface area contributed by atoms with E-state index in [1.54, 1.807) is 7.11 Å². The number of thioether (sulfide) groups is 1. The lowest BCUT2D eigenvalue weighted by Crippen LogP contribution is -2.28. The summed E-state index contributed by atoms with van der Waals surface area (Å²) >= 11 is 1.36. The van der Waals surface area contributed by atoms with Crippen molar-refractivity contribution in [3.63, 3.8) is 0 Å². The number of aromatic nitrogens is 3. The van der Waals surface area contributed by atoms with Gasteiger partial charge in [-0.2, -0.15) is 0 Å². The maximum Gasteiger partial charge on any atom is 0.230 e. The largest absolute Gasteiger partial charge is 0.496 e. The maximum atomic E-state index is 12.5. The van der Waals surface area contributed by atoms with Gasteiger partial charge >= 0.3 is 0 Å². The zero-order valence-electron chi connectivity index (χ0n) is 17.7. The monoisotopic (exact) mass is 432 g/mol. The third kappa shape index (κ3) is 4.56. The molecule has 0 radical (unpaired) electrons. The summed E-state index contributed by atoms with van der Waals surface area (Å²) in [5, 5.41) is 14.6. The van der Waals surface area contributed by atoms with Crippen LogP contribution in [-0.2, 0) is 11.8 Å². The van der Waals surface area contributed by atoms with Crippen molar-refractivity contribution in [2.24, 2.45) is 7.05 Å². The number of amides is 1. The zero-order valence-corrected chi connectivity index (χ0v) is 18.5. The second-order valence-corrected chi connectivity index (χ2v) is 8.19. The minimum atomic E-state index is -0.0821. The first-order valence-electron chi connectivity index (χ1n) is 10.0. The highest BCUT2D eigenvalue weighted by atomic mass is 32.2. The molecule has 3 aromatic carbocycles. The summed E-state index contributed by atoms with van der Waals surface area (Å²) < 4.78 is 7.30. The molecular formula is C24H24N4O2S. The van der Waals surface area contributed by atoms with Gasteiger partial charge in [0, 0.05) is 7.05 Å². The standard InChI is InChI=1S/C24H24N4O2S/c1-16(18-13-12-17-8-4-5-9-19(17)14-18)25-22(29)15-31-24-27-26-23(28(24)2)20-10-6-7-11-21(20)30-3/h4-14,16H,15H2,1-3H3,(H,25,29). The lowest BCUT2D eigenvalue weighted by Gasteiger charge is -2.15. The fourth-order valence-electron chi connectivity index (χ4n) is 3.48. The SMILES string of the molecule is COc1ccccc1-c1nnc(SCC(=O)NC(C)c2ccc3ccccc3c2)n1C. The van der Waals surface area contributed by atoms with Crippen molar-refractivity contribution in [2.45, 2.75) is 18.1 Å². The number of carbonyl (C=O) groups excluding carboxylic acids is 1. The Labute approximate surface area is 185 Å². The van der Waals surface area contributed by atoms with Crippen molar-refractivity contribution in [3.8, 4) is 17.1 Å². The Balaban J connectivity index is 1.40. The van der Waals surface area contributed by atoms with Crippen LogP contribution in [0, 0.1) is 0 Å². The molecule has 0 aliphatic carbocycles. The predicted molar refractivity (Wildman–Crippen MR) is 124 cm³/mol. The highest BCUT2D eigenvalue weighted by molar-refractivity contribution is 7.99. The minimum absolute atomic E-state index is 0.0486. The third-order valence-corrected chi connectivity index (χ3v) is 6.19. The fraction of sp³-hybridized carbons (Fsp3) is 0.208. The number of fused-ring (bicyclic) bond motifs is 1. The summed E-state index contributed by atoms with van der Waals surface area (Å²) in [7, 11) is 3.52. The highest BCUT2D eigenvalue weighted by Gasteiger charge is 2.17. The topological polar surface area (TPSA) is 69.0 Å². The third-order valence-electron chi connectivity index (χ3n) is 5.17. The fourth-order valence-corrected chi connectivity index (χ4v) is 4.20. The van der Waals surface area contributed by atoms with Crippen molar-refractivity contribution in [2.75, 3.05) is 12.9 Å². The lowest BCUT2D eigenvalue weighted by molar-refractivity contribution is -0.119. The number of nitrogens with one attached hydrogen (secondary N) is 1. The van der Waals surface area contributed by atoms with Crippen LogP contribution in [0.2, 0.25) is 0 Å². The van der Waals surface area contributed by atoms with E-state index in [9.17, 15) is 4.79 Å². The molecule has 0 spiro atoms. The van der Waals surface area contributed by atoms with Crippen molar-refractivity contribution < 1.29 is 9.53 Å². The smallest absolute Gasteiger partial charge is 0.230 e. The Kier molecular flexibility index (Phi) is 6.23. The summed E-state index contributed by atoms with van der Waals surface area (Å²) in [4.78, 5) is 12.5. The predicted octanol–water partition coefficient (Wildman–Crippen LogP) is 4.61. The highest BCUT2D eigenvalue weighted by Crippen LogP contribution is 2.30. The van der Waals surface area contributed by atoms with Gasteiger partial charge in [0.1, 0.15) is 5.75 Å². The summed E-state index contributed by atoms with van der Waals surface area (Å²) in [6.07, 6.45) is 0. The summed E-state index contributed by atoms with van der Waals surface area (Å²) in [5.41, 5.74) is 1.94. The Morgan fingerprint density at radius 2 is 1.81 bits per heavy atom. The molecule has 1 atom stereocenters. The van der Waals surface area contributed by atoms with Gasteiger partial charge in [-0.1, -0.05) is 60.3 Å². The van der Waals surface area contributed by atoms with Crippen LogP contribution < -0.4 is 10.1 Å². The van der Waals surface area contributed by atoms with E-state index in [0.717, 1.165) is 16.9 Å². The zero-order chi connectivity index (χ0) is 21.8. The molecule has 0 fully saturated rings. The van der Waals surface area contributed by atoms with Gasteiger partial charge in [0.05, 0.1) is 24.5 Å². The van der Waals surface area contributed by atoms with Crippen LogP contribution >= 0.6 is 11.8 Å². The Bertz CT molecular complexity index is 1220. The van der Waals surface area contributed by atoms with Crippen molar-refractivity contribution in [1.29, 1.82) is 0 Å². The lowest BCUT2D eigenvalue weighted by atomic mass is 10.0. The maximum absolute atomic E-state index is 12.5. The number of methoxy groups -OCH3 is 1. The number of ether oxygens (including phenoxy) is 1. The number of rotatable bonds is 7. The van der Waals surface area contributed by atoms with Gasteiger partial charge in [-0.25, -0.2) is 0 Å². The number of carbonyl (C=O) groups is 1. The van der Waals surface area contributed by atoms with E-state index in [-0.39, 0.29) is 17.7 Å². The van der Waals surface area contributed by atoms with Crippen molar-refractivity contribution >= 4 is 28.4 Å². The molecular weight excluding hydrogens is 408 g/mol. The first-order valence-corrected chi connectivity index (χ1v) is 11.0. The Morgan fingerprint density at radius 1 is 1.06 bits per heavy atom. The van der Waals surface area contributed by atoms with Crippen LogP contribution in [0.3, 0.4) is 0 Å². The van der Waals surface area contributed by atoms with E-state index in [1.807, 2.05) is 54.9 Å². The van der Waals surface area contributed by atoms with E-state index in [2.05, 4.69) is 45.8 Å². The number of hydrogen-bond acceptors (Lipinski definition) is 5. The molecule has 1 amide bonds. The Morgan fingerprint density at radius 3 is 2.61 bits per heavy atom. The van der Waals surface area contributed by atoms with Crippen LogP contribution in [0.5, 0.6) is 5.75 Å². The van der Waals surface area contributed by atoms with Gasteiger partial charge in [-0.15, -0.1) is 10.2 Å². The minimum Gasteiger partial charge on any atom is -0.496 e. The molecule has 1 N–H and O–H groups in total. The van der Waals surface area contributed by atoms with Gasteiger partial charge in [0.2, 0.25) is 5.91 Å². The van der Waals surface area contributed by atoms with Gasteiger partial charge in [0.25, 0.3) is 0 Å². The van der Waals surface area contributed by atoms with E-state index in [1.165, 1.54) is 22.5 Å². The number of para-hydroxylation sites is 1. The normalized spacial score (nSPS) is 12.0. The molecule has 7 heteroatoms. The number of hydrogen-bond donors (Lipinski definition) is 1. The average Bonchev–Trinajstić information content (AvgIpc) is 3.17. The molecule has 0 aliphatic heterocycles. The molecule has 158 valence electrons. The number of benzene rings is 3. The Hall–Kier alpha value is -3.32. The summed E-state index contributed by atoms with van der Waals surface area (Å²) in [6.45, 7) is 1.99. The van der Waals surface area contributed by atoms with E-state index in [0.29, 0.717) is 11.0 Å². The van der Waals surface area contributed by atoms with Gasteiger partial charge in [-0.3, -0.25) is 4.79 Å². The van der Waals surface area contributed by atoms with E-state index < -0.39 is 0 Å². The molecule has 1 aromatic heterocycles. The van der Waals surface area contributed by atoms with Crippen LogP contribution in [0.25, 0.3) is 22.2 Å².